The number of imidazole rings is 1. The highest BCUT2D eigenvalue weighted by molar-refractivity contribution is 5.71. The van der Waals surface area contributed by atoms with Gasteiger partial charge in [0.2, 0.25) is 0 Å². The molecule has 0 aliphatic carbocycles. The second-order valence-electron chi connectivity index (χ2n) is 2.48. The van der Waals surface area contributed by atoms with E-state index >= 15 is 0 Å². The zero-order valence-electron chi connectivity index (χ0n) is 6.59. The topological polar surface area (TPSA) is 74.4 Å². The van der Waals surface area contributed by atoms with Gasteiger partial charge in [-0.05, 0) is 6.42 Å². The number of hydrogen-bond donors (Lipinski definition) is 2. The Bertz CT molecular complexity index is 456. The Morgan fingerprint density at radius 3 is 3.00 bits per heavy atom. The lowest BCUT2D eigenvalue weighted by Gasteiger charge is -1.93. The maximum Gasteiger partial charge on any atom is 0.325 e. The molecule has 0 spiro atoms. The zero-order valence-corrected chi connectivity index (χ0v) is 6.59. The van der Waals surface area contributed by atoms with Crippen LogP contribution in [0.4, 0.5) is 0 Å². The molecule has 0 fully saturated rings. The SMILES string of the molecule is CCc1ncnc2[nH]c(=O)[nH]c12. The lowest BCUT2D eigenvalue weighted by atomic mass is 10.3. The van der Waals surface area contributed by atoms with Crippen molar-refractivity contribution in [1.82, 2.24) is 19.9 Å². The van der Waals surface area contributed by atoms with Crippen LogP contribution in [0, 0.1) is 0 Å². The molecule has 0 unspecified atom stereocenters. The van der Waals surface area contributed by atoms with Crippen molar-refractivity contribution in [3.05, 3.63) is 22.5 Å². The number of nitrogens with zero attached hydrogens (tertiary/aromatic N) is 2. The van der Waals surface area contributed by atoms with Crippen LogP contribution in [0.3, 0.4) is 0 Å². The minimum Gasteiger partial charge on any atom is -0.303 e. The van der Waals surface area contributed by atoms with Crippen molar-refractivity contribution in [2.24, 2.45) is 0 Å². The average Bonchev–Trinajstić information content (AvgIpc) is 2.44. The molecule has 0 aliphatic rings. The van der Waals surface area contributed by atoms with Crippen LogP contribution in [0.1, 0.15) is 12.6 Å². The summed E-state index contributed by atoms with van der Waals surface area (Å²) in [5.41, 5.74) is 1.91. The Morgan fingerprint density at radius 1 is 1.42 bits per heavy atom. The fraction of sp³-hybridized carbons (Fsp3) is 0.286. The molecular formula is C7H8N4O. The van der Waals surface area contributed by atoms with E-state index in [1.165, 1.54) is 6.33 Å². The van der Waals surface area contributed by atoms with Crippen LogP contribution in [-0.4, -0.2) is 19.9 Å². The molecule has 0 aromatic carbocycles. The minimum absolute atomic E-state index is 0.236. The average molecular weight is 164 g/mol. The van der Waals surface area contributed by atoms with Gasteiger partial charge in [-0.2, -0.15) is 0 Å². The standard InChI is InChI=1S/C7H8N4O/c1-2-4-5-6(9-3-8-4)11-7(12)10-5/h3H,2H2,1H3,(H2,8,9,10,11,12). The first-order valence-corrected chi connectivity index (χ1v) is 3.73. The molecule has 2 aromatic rings. The largest absolute Gasteiger partial charge is 0.325 e. The van der Waals surface area contributed by atoms with E-state index in [1.807, 2.05) is 6.92 Å². The van der Waals surface area contributed by atoms with E-state index in [0.29, 0.717) is 11.2 Å². The second-order valence-corrected chi connectivity index (χ2v) is 2.48. The molecule has 0 bridgehead atoms. The van der Waals surface area contributed by atoms with Gasteiger partial charge in [-0.3, -0.25) is 4.98 Å². The molecule has 2 aromatic heterocycles. The van der Waals surface area contributed by atoms with Gasteiger partial charge in [0.05, 0.1) is 5.69 Å². The highest BCUT2D eigenvalue weighted by Crippen LogP contribution is 2.06. The van der Waals surface area contributed by atoms with Crippen LogP contribution in [-0.2, 0) is 6.42 Å². The van der Waals surface area contributed by atoms with Crippen molar-refractivity contribution < 1.29 is 0 Å². The Kier molecular flexibility index (Phi) is 1.43. The first-order valence-electron chi connectivity index (χ1n) is 3.73. The van der Waals surface area contributed by atoms with E-state index in [1.54, 1.807) is 0 Å². The summed E-state index contributed by atoms with van der Waals surface area (Å²) in [6, 6.07) is 0. The van der Waals surface area contributed by atoms with Crippen molar-refractivity contribution in [1.29, 1.82) is 0 Å². The maximum absolute atomic E-state index is 10.9. The van der Waals surface area contributed by atoms with Gasteiger partial charge in [-0.25, -0.2) is 14.8 Å². The molecule has 5 nitrogen and oxygen atoms in total. The molecule has 62 valence electrons. The molecule has 0 radical (unpaired) electrons. The fourth-order valence-electron chi connectivity index (χ4n) is 1.17. The Morgan fingerprint density at radius 2 is 2.25 bits per heavy atom. The van der Waals surface area contributed by atoms with E-state index in [2.05, 4.69) is 19.9 Å². The predicted octanol–water partition coefficient (Wildman–Crippen LogP) is 0.209. The quantitative estimate of drug-likeness (QED) is 0.632. The maximum atomic E-state index is 10.9. The number of aromatic nitrogens is 4. The fourth-order valence-corrected chi connectivity index (χ4v) is 1.17. The zero-order chi connectivity index (χ0) is 8.55. The number of fused-ring (bicyclic) bond motifs is 1. The first kappa shape index (κ1) is 7.02. The Balaban J connectivity index is 2.87. The van der Waals surface area contributed by atoms with Crippen molar-refractivity contribution in [3.8, 4) is 0 Å². The van der Waals surface area contributed by atoms with Crippen LogP contribution < -0.4 is 5.69 Å². The van der Waals surface area contributed by atoms with Crippen LogP contribution in [0.25, 0.3) is 11.2 Å². The molecular weight excluding hydrogens is 156 g/mol. The summed E-state index contributed by atoms with van der Waals surface area (Å²) < 4.78 is 0. The van der Waals surface area contributed by atoms with Crippen molar-refractivity contribution in [2.75, 3.05) is 0 Å². The van der Waals surface area contributed by atoms with Crippen molar-refractivity contribution in [2.45, 2.75) is 13.3 Å². The Hall–Kier alpha value is -1.65. The van der Waals surface area contributed by atoms with E-state index in [0.717, 1.165) is 12.1 Å². The van der Waals surface area contributed by atoms with E-state index in [-0.39, 0.29) is 5.69 Å². The van der Waals surface area contributed by atoms with E-state index in [9.17, 15) is 4.79 Å². The van der Waals surface area contributed by atoms with Crippen molar-refractivity contribution in [3.63, 3.8) is 0 Å². The lowest BCUT2D eigenvalue weighted by molar-refractivity contribution is 1.02. The Labute approximate surface area is 67.9 Å². The summed E-state index contributed by atoms with van der Waals surface area (Å²) in [4.78, 5) is 24.0. The van der Waals surface area contributed by atoms with Gasteiger partial charge in [0.15, 0.2) is 5.65 Å². The summed E-state index contributed by atoms with van der Waals surface area (Å²) in [5, 5.41) is 0. The number of rotatable bonds is 1. The number of nitrogens with one attached hydrogen (secondary N) is 2. The van der Waals surface area contributed by atoms with Gasteiger partial charge in [0, 0.05) is 0 Å². The number of H-pyrrole nitrogens is 2. The lowest BCUT2D eigenvalue weighted by Crippen LogP contribution is -1.99. The van der Waals surface area contributed by atoms with E-state index < -0.39 is 0 Å². The monoisotopic (exact) mass is 164 g/mol. The number of aryl methyl sites for hydroxylation is 1. The van der Waals surface area contributed by atoms with Crippen LogP contribution >= 0.6 is 0 Å². The number of aromatic amines is 2. The van der Waals surface area contributed by atoms with Crippen LogP contribution in [0.15, 0.2) is 11.1 Å². The van der Waals surface area contributed by atoms with Gasteiger partial charge < -0.3 is 4.98 Å². The summed E-state index contributed by atoms with van der Waals surface area (Å²) in [5.74, 6) is 0. The van der Waals surface area contributed by atoms with Crippen LogP contribution in [0.5, 0.6) is 0 Å². The number of hydrogen-bond acceptors (Lipinski definition) is 3. The van der Waals surface area contributed by atoms with Gasteiger partial charge in [-0.1, -0.05) is 6.92 Å². The summed E-state index contributed by atoms with van der Waals surface area (Å²) in [6.45, 7) is 1.98. The van der Waals surface area contributed by atoms with E-state index in [4.69, 9.17) is 0 Å². The third kappa shape index (κ3) is 0.903. The van der Waals surface area contributed by atoms with Gasteiger partial charge in [0.25, 0.3) is 0 Å². The second kappa shape index (κ2) is 2.44. The van der Waals surface area contributed by atoms with Gasteiger partial charge in [0.1, 0.15) is 11.8 Å². The third-order valence-electron chi connectivity index (χ3n) is 1.73. The molecule has 0 saturated heterocycles. The molecule has 2 heterocycles. The minimum atomic E-state index is -0.236. The molecule has 2 rings (SSSR count). The third-order valence-corrected chi connectivity index (χ3v) is 1.73. The smallest absolute Gasteiger partial charge is 0.303 e. The summed E-state index contributed by atoms with van der Waals surface area (Å²) in [7, 11) is 0. The van der Waals surface area contributed by atoms with Gasteiger partial charge in [-0.15, -0.1) is 0 Å². The molecule has 2 N–H and O–H groups in total. The predicted molar refractivity (Wildman–Crippen MR) is 43.9 cm³/mol. The highest BCUT2D eigenvalue weighted by atomic mass is 16.1. The van der Waals surface area contributed by atoms with Gasteiger partial charge >= 0.3 is 5.69 Å². The first-order chi connectivity index (χ1) is 5.81. The molecule has 0 aliphatic heterocycles. The van der Waals surface area contributed by atoms with Crippen LogP contribution in [0.2, 0.25) is 0 Å². The summed E-state index contributed by atoms with van der Waals surface area (Å²) in [6.07, 6.45) is 2.23. The van der Waals surface area contributed by atoms with Crippen molar-refractivity contribution >= 4 is 11.2 Å². The molecule has 5 heteroatoms. The normalized spacial score (nSPS) is 10.8. The summed E-state index contributed by atoms with van der Waals surface area (Å²) >= 11 is 0. The molecule has 0 amide bonds. The highest BCUT2D eigenvalue weighted by Gasteiger charge is 2.03. The molecule has 12 heavy (non-hydrogen) atoms. The molecule has 0 atom stereocenters. The molecule has 0 saturated carbocycles.